The third-order valence-electron chi connectivity index (χ3n) is 5.37. The van der Waals surface area contributed by atoms with Crippen LogP contribution in [0, 0.1) is 10.1 Å². The summed E-state index contributed by atoms with van der Waals surface area (Å²) >= 11 is 0. The molecule has 164 valence electrons. The summed E-state index contributed by atoms with van der Waals surface area (Å²) in [7, 11) is 0. The highest BCUT2D eigenvalue weighted by atomic mass is 16.7. The van der Waals surface area contributed by atoms with Crippen LogP contribution >= 0.6 is 0 Å². The number of ether oxygens (including phenoxy) is 3. The Morgan fingerprint density at radius 3 is 2.58 bits per heavy atom. The van der Waals surface area contributed by atoms with Crippen molar-refractivity contribution in [3.8, 4) is 0 Å². The van der Waals surface area contributed by atoms with Crippen molar-refractivity contribution >= 4 is 6.08 Å². The maximum atomic E-state index is 12.3. The fourth-order valence-electron chi connectivity index (χ4n) is 3.91. The summed E-state index contributed by atoms with van der Waals surface area (Å²) < 4.78 is 23.0. The predicted molar refractivity (Wildman–Crippen MR) is 113 cm³/mol. The van der Waals surface area contributed by atoms with Crippen LogP contribution < -0.4 is 0 Å². The lowest BCUT2D eigenvalue weighted by Gasteiger charge is -2.43. The van der Waals surface area contributed by atoms with Crippen molar-refractivity contribution < 1.29 is 23.6 Å². The van der Waals surface area contributed by atoms with E-state index < -0.39 is 17.8 Å². The number of furan rings is 1. The Morgan fingerprint density at radius 2 is 1.94 bits per heavy atom. The molecule has 1 fully saturated rings. The van der Waals surface area contributed by atoms with Crippen LogP contribution in [0.1, 0.15) is 31.1 Å². The largest absolute Gasteiger partial charge is 0.469 e. The summed E-state index contributed by atoms with van der Waals surface area (Å²) in [6.07, 6.45) is 4.02. The summed E-state index contributed by atoms with van der Waals surface area (Å²) in [6, 6.07) is 12.8. The molecule has 1 unspecified atom stereocenters. The van der Waals surface area contributed by atoms with Gasteiger partial charge in [0.25, 0.3) is 5.70 Å². The molecule has 0 bridgehead atoms. The molecule has 0 saturated carbocycles. The first kappa shape index (κ1) is 21.1. The van der Waals surface area contributed by atoms with Crippen molar-refractivity contribution in [3.05, 3.63) is 87.8 Å². The Balaban J connectivity index is 1.83. The van der Waals surface area contributed by atoms with Crippen LogP contribution in [-0.4, -0.2) is 48.0 Å². The summed E-state index contributed by atoms with van der Waals surface area (Å²) in [5.41, 5.74) is 1.53. The Labute approximate surface area is 180 Å². The highest BCUT2D eigenvalue weighted by Crippen LogP contribution is 2.40. The molecule has 1 saturated heterocycles. The standard InChI is InChI=1S/C23H26N2O6/c1-23(2)30-16-20(24-10-13-28-14-11-24)22(31-23)21(17-7-4-3-5-8-17)19(25(26)27)15-18-9-6-12-29-18/h3-9,12,15-16,21-22H,10-11,13-14H2,1-2H3/t21-,22?/m1/s1. The summed E-state index contributed by atoms with van der Waals surface area (Å²) in [5, 5.41) is 12.3. The minimum atomic E-state index is -0.931. The van der Waals surface area contributed by atoms with E-state index in [1.807, 2.05) is 30.3 Å². The van der Waals surface area contributed by atoms with Gasteiger partial charge >= 0.3 is 0 Å². The summed E-state index contributed by atoms with van der Waals surface area (Å²) in [5.74, 6) is -1.20. The van der Waals surface area contributed by atoms with E-state index in [1.165, 1.54) is 12.3 Å². The molecule has 2 aliphatic heterocycles. The van der Waals surface area contributed by atoms with Gasteiger partial charge < -0.3 is 23.5 Å². The first-order chi connectivity index (χ1) is 14.9. The second kappa shape index (κ2) is 8.95. The predicted octanol–water partition coefficient (Wildman–Crippen LogP) is 4.01. The molecule has 2 aliphatic rings. The third-order valence-corrected chi connectivity index (χ3v) is 5.37. The van der Waals surface area contributed by atoms with Gasteiger partial charge in [0, 0.05) is 26.9 Å². The molecule has 31 heavy (non-hydrogen) atoms. The molecule has 0 amide bonds. The van der Waals surface area contributed by atoms with Gasteiger partial charge in [-0.15, -0.1) is 0 Å². The van der Waals surface area contributed by atoms with Crippen molar-refractivity contribution in [2.75, 3.05) is 26.3 Å². The monoisotopic (exact) mass is 426 g/mol. The number of hydrogen-bond donors (Lipinski definition) is 0. The molecule has 1 aromatic carbocycles. The molecule has 0 N–H and O–H groups in total. The summed E-state index contributed by atoms with van der Waals surface area (Å²) in [6.45, 7) is 6.08. The first-order valence-electron chi connectivity index (χ1n) is 10.3. The van der Waals surface area contributed by atoms with E-state index in [-0.39, 0.29) is 10.6 Å². The molecule has 3 heterocycles. The van der Waals surface area contributed by atoms with Gasteiger partial charge in [0.2, 0.25) is 5.79 Å². The fraction of sp³-hybridized carbons (Fsp3) is 0.391. The molecule has 8 nitrogen and oxygen atoms in total. The molecule has 0 aliphatic carbocycles. The molecule has 0 radical (unpaired) electrons. The van der Waals surface area contributed by atoms with Crippen LogP contribution in [0.15, 0.2) is 70.8 Å². The van der Waals surface area contributed by atoms with Gasteiger partial charge in [0.15, 0.2) is 0 Å². The van der Waals surface area contributed by atoms with E-state index in [1.54, 1.807) is 32.2 Å². The Bertz CT molecular complexity index is 946. The molecule has 8 heteroatoms. The van der Waals surface area contributed by atoms with Crippen LogP contribution in [0.2, 0.25) is 0 Å². The summed E-state index contributed by atoms with van der Waals surface area (Å²) in [4.78, 5) is 14.0. The van der Waals surface area contributed by atoms with Crippen LogP contribution in [0.5, 0.6) is 0 Å². The average molecular weight is 426 g/mol. The lowest BCUT2D eigenvalue weighted by atomic mass is 9.87. The van der Waals surface area contributed by atoms with Gasteiger partial charge in [-0.2, -0.15) is 0 Å². The van der Waals surface area contributed by atoms with Gasteiger partial charge in [0.05, 0.1) is 36.2 Å². The smallest absolute Gasteiger partial charge is 0.260 e. The van der Waals surface area contributed by atoms with Crippen molar-refractivity contribution in [2.24, 2.45) is 0 Å². The average Bonchev–Trinajstić information content (AvgIpc) is 3.27. The van der Waals surface area contributed by atoms with E-state index in [2.05, 4.69) is 4.90 Å². The number of hydrogen-bond acceptors (Lipinski definition) is 7. The van der Waals surface area contributed by atoms with Crippen molar-refractivity contribution in [3.63, 3.8) is 0 Å². The van der Waals surface area contributed by atoms with E-state index in [9.17, 15) is 10.1 Å². The van der Waals surface area contributed by atoms with Crippen molar-refractivity contribution in [1.82, 2.24) is 4.90 Å². The molecular weight excluding hydrogens is 400 g/mol. The lowest BCUT2D eigenvalue weighted by Crippen LogP contribution is -2.48. The Morgan fingerprint density at radius 1 is 1.19 bits per heavy atom. The molecular formula is C23H26N2O6. The highest BCUT2D eigenvalue weighted by molar-refractivity contribution is 5.49. The van der Waals surface area contributed by atoms with E-state index in [0.717, 1.165) is 11.3 Å². The molecule has 2 atom stereocenters. The van der Waals surface area contributed by atoms with Crippen LogP contribution in [-0.2, 0) is 14.2 Å². The van der Waals surface area contributed by atoms with Crippen LogP contribution in [0.3, 0.4) is 0 Å². The van der Waals surface area contributed by atoms with Crippen LogP contribution in [0.4, 0.5) is 0 Å². The van der Waals surface area contributed by atoms with Crippen molar-refractivity contribution in [2.45, 2.75) is 31.7 Å². The van der Waals surface area contributed by atoms with Gasteiger partial charge in [-0.1, -0.05) is 30.3 Å². The SMILES string of the molecule is CC1(C)OC=C(N2CCOCC2)C([C@@H](C(=Cc2ccco2)[N+](=O)[O-])c2ccccc2)O1. The highest BCUT2D eigenvalue weighted by Gasteiger charge is 2.45. The maximum Gasteiger partial charge on any atom is 0.260 e. The number of rotatable bonds is 6. The fourth-order valence-corrected chi connectivity index (χ4v) is 3.91. The second-order valence-electron chi connectivity index (χ2n) is 7.93. The van der Waals surface area contributed by atoms with Gasteiger partial charge in [0.1, 0.15) is 24.0 Å². The Hall–Kier alpha value is -3.10. The minimum absolute atomic E-state index is 0.0111. The third kappa shape index (κ3) is 4.81. The Kier molecular flexibility index (Phi) is 6.11. The van der Waals surface area contributed by atoms with Gasteiger partial charge in [-0.05, 0) is 17.7 Å². The van der Waals surface area contributed by atoms with Gasteiger partial charge in [-0.25, -0.2) is 0 Å². The molecule has 0 spiro atoms. The number of nitrogens with zero attached hydrogens (tertiary/aromatic N) is 2. The normalized spacial score (nSPS) is 22.4. The molecule has 2 aromatic rings. The quantitative estimate of drug-likeness (QED) is 0.509. The van der Waals surface area contributed by atoms with E-state index >= 15 is 0 Å². The lowest BCUT2D eigenvalue weighted by molar-refractivity contribution is -0.431. The second-order valence-corrected chi connectivity index (χ2v) is 7.93. The zero-order valence-electron chi connectivity index (χ0n) is 17.6. The minimum Gasteiger partial charge on any atom is -0.469 e. The van der Waals surface area contributed by atoms with Gasteiger partial charge in [-0.3, -0.25) is 10.1 Å². The molecule has 1 aromatic heterocycles. The zero-order chi connectivity index (χ0) is 21.8. The van der Waals surface area contributed by atoms with Crippen molar-refractivity contribution in [1.29, 1.82) is 0 Å². The maximum absolute atomic E-state index is 12.3. The zero-order valence-corrected chi connectivity index (χ0v) is 17.6. The molecule has 4 rings (SSSR count). The number of benzene rings is 1. The first-order valence-corrected chi connectivity index (χ1v) is 10.3. The number of morpholine rings is 1. The topological polar surface area (TPSA) is 87.2 Å². The van der Waals surface area contributed by atoms with Crippen LogP contribution in [0.25, 0.3) is 6.08 Å². The van der Waals surface area contributed by atoms with E-state index in [0.29, 0.717) is 32.1 Å². The number of nitro groups is 1. The van der Waals surface area contributed by atoms with E-state index in [4.69, 9.17) is 18.6 Å².